The molecular formula is C18H14N4S. The van der Waals surface area contributed by atoms with Crippen molar-refractivity contribution in [2.75, 3.05) is 11.2 Å². The Kier molecular flexibility index (Phi) is 3.40. The Balaban J connectivity index is 1.78. The summed E-state index contributed by atoms with van der Waals surface area (Å²) in [6.07, 6.45) is 1.83. The molecular weight excluding hydrogens is 304 g/mol. The van der Waals surface area contributed by atoms with E-state index in [1.807, 2.05) is 12.3 Å². The molecule has 4 nitrogen and oxygen atoms in total. The van der Waals surface area contributed by atoms with E-state index in [1.165, 1.54) is 32.9 Å². The number of nitrogens with two attached hydrogens (primary N) is 1. The van der Waals surface area contributed by atoms with E-state index in [1.54, 1.807) is 5.38 Å². The van der Waals surface area contributed by atoms with Gasteiger partial charge in [-0.3, -0.25) is 5.43 Å². The van der Waals surface area contributed by atoms with Crippen LogP contribution in [0.1, 0.15) is 5.56 Å². The molecule has 0 spiro atoms. The summed E-state index contributed by atoms with van der Waals surface area (Å²) in [5.41, 5.74) is 9.60. The number of nitrogen functional groups attached to an aromatic ring is 1. The van der Waals surface area contributed by atoms with E-state index in [0.29, 0.717) is 10.9 Å². The largest absolute Gasteiger partial charge is 0.383 e. The van der Waals surface area contributed by atoms with Crippen LogP contribution in [0.3, 0.4) is 0 Å². The first kappa shape index (κ1) is 13.7. The van der Waals surface area contributed by atoms with Gasteiger partial charge in [0.05, 0.1) is 6.21 Å². The van der Waals surface area contributed by atoms with Crippen LogP contribution < -0.4 is 11.2 Å². The lowest BCUT2D eigenvalue weighted by Gasteiger charge is -2.06. The Morgan fingerprint density at radius 2 is 1.83 bits per heavy atom. The Labute approximate surface area is 137 Å². The molecule has 0 radical (unpaired) electrons. The third kappa shape index (κ3) is 2.62. The van der Waals surface area contributed by atoms with Crippen LogP contribution in [0.4, 0.5) is 10.9 Å². The predicted octanol–water partition coefficient (Wildman–Crippen LogP) is 4.48. The first-order valence-electron chi connectivity index (χ1n) is 7.22. The van der Waals surface area contributed by atoms with Crippen molar-refractivity contribution in [1.82, 2.24) is 4.98 Å². The van der Waals surface area contributed by atoms with Gasteiger partial charge >= 0.3 is 0 Å². The van der Waals surface area contributed by atoms with E-state index in [9.17, 15) is 0 Å². The summed E-state index contributed by atoms with van der Waals surface area (Å²) in [5.74, 6) is 0.504. The maximum atomic E-state index is 5.61. The van der Waals surface area contributed by atoms with Crippen molar-refractivity contribution in [2.24, 2.45) is 5.10 Å². The number of hydrogen-bond acceptors (Lipinski definition) is 5. The summed E-state index contributed by atoms with van der Waals surface area (Å²) in [7, 11) is 0. The van der Waals surface area contributed by atoms with Crippen LogP contribution in [0.5, 0.6) is 0 Å². The van der Waals surface area contributed by atoms with Gasteiger partial charge in [-0.2, -0.15) is 5.10 Å². The molecule has 0 aliphatic carbocycles. The topological polar surface area (TPSA) is 63.3 Å². The van der Waals surface area contributed by atoms with Gasteiger partial charge in [0.15, 0.2) is 0 Å². The number of nitrogens with one attached hydrogen (secondary N) is 1. The number of hydrazone groups is 1. The van der Waals surface area contributed by atoms with Gasteiger partial charge in [-0.1, -0.05) is 54.6 Å². The maximum Gasteiger partial charge on any atom is 0.205 e. The minimum absolute atomic E-state index is 0.504. The van der Waals surface area contributed by atoms with Gasteiger partial charge in [0.25, 0.3) is 0 Å². The van der Waals surface area contributed by atoms with Gasteiger partial charge in [0, 0.05) is 10.9 Å². The molecule has 1 heterocycles. The van der Waals surface area contributed by atoms with Gasteiger partial charge < -0.3 is 5.73 Å². The number of nitrogens with zero attached hydrogens (tertiary/aromatic N) is 2. The molecule has 0 amide bonds. The summed E-state index contributed by atoms with van der Waals surface area (Å²) >= 11 is 1.43. The second-order valence-electron chi connectivity index (χ2n) is 5.18. The highest BCUT2D eigenvalue weighted by atomic mass is 32.1. The molecule has 0 bridgehead atoms. The van der Waals surface area contributed by atoms with Crippen LogP contribution in [0, 0.1) is 0 Å². The summed E-state index contributed by atoms with van der Waals surface area (Å²) in [5, 5.41) is 11.6. The lowest BCUT2D eigenvalue weighted by molar-refractivity contribution is 1.29. The van der Waals surface area contributed by atoms with Crippen molar-refractivity contribution >= 4 is 50.0 Å². The number of rotatable bonds is 3. The lowest BCUT2D eigenvalue weighted by atomic mass is 9.98. The third-order valence-electron chi connectivity index (χ3n) is 3.69. The minimum atomic E-state index is 0.504. The number of anilines is 2. The zero-order chi connectivity index (χ0) is 15.6. The second kappa shape index (κ2) is 5.70. The van der Waals surface area contributed by atoms with E-state index in [4.69, 9.17) is 5.73 Å². The van der Waals surface area contributed by atoms with E-state index >= 15 is 0 Å². The van der Waals surface area contributed by atoms with Crippen molar-refractivity contribution < 1.29 is 0 Å². The van der Waals surface area contributed by atoms with Gasteiger partial charge in [0.1, 0.15) is 5.82 Å². The molecule has 0 aliphatic rings. The van der Waals surface area contributed by atoms with Gasteiger partial charge in [-0.15, -0.1) is 11.3 Å². The summed E-state index contributed by atoms with van der Waals surface area (Å²) in [4.78, 5) is 4.13. The minimum Gasteiger partial charge on any atom is -0.383 e. The van der Waals surface area contributed by atoms with Crippen molar-refractivity contribution in [3.63, 3.8) is 0 Å². The number of fused-ring (bicyclic) bond motifs is 3. The van der Waals surface area contributed by atoms with Crippen LogP contribution in [-0.2, 0) is 0 Å². The highest BCUT2D eigenvalue weighted by molar-refractivity contribution is 7.14. The van der Waals surface area contributed by atoms with E-state index in [0.717, 1.165) is 5.56 Å². The SMILES string of the molecule is Nc1csc(NN=Cc2cccc3ccc4ccccc4c23)n1. The molecule has 1 aromatic heterocycles. The van der Waals surface area contributed by atoms with Crippen LogP contribution in [0.2, 0.25) is 0 Å². The molecule has 0 saturated carbocycles. The van der Waals surface area contributed by atoms with Gasteiger partial charge in [0.2, 0.25) is 5.13 Å². The number of hydrogen-bond donors (Lipinski definition) is 2. The lowest BCUT2D eigenvalue weighted by Crippen LogP contribution is -1.92. The molecule has 0 fully saturated rings. The molecule has 0 saturated heterocycles. The highest BCUT2D eigenvalue weighted by Crippen LogP contribution is 2.27. The molecule has 4 aromatic rings. The van der Waals surface area contributed by atoms with Gasteiger partial charge in [-0.25, -0.2) is 4.98 Å². The molecule has 5 heteroatoms. The number of aromatic nitrogens is 1. The molecule has 112 valence electrons. The van der Waals surface area contributed by atoms with Gasteiger partial charge in [-0.05, 0) is 21.5 Å². The zero-order valence-corrected chi connectivity index (χ0v) is 13.0. The molecule has 4 rings (SSSR count). The summed E-state index contributed by atoms with van der Waals surface area (Å²) in [6.45, 7) is 0. The molecule has 3 aromatic carbocycles. The quantitative estimate of drug-likeness (QED) is 0.332. The van der Waals surface area contributed by atoms with Crippen molar-refractivity contribution in [3.8, 4) is 0 Å². The number of benzene rings is 3. The normalized spacial score (nSPS) is 11.5. The molecule has 3 N–H and O–H groups in total. The smallest absolute Gasteiger partial charge is 0.205 e. The first-order chi connectivity index (χ1) is 11.3. The Bertz CT molecular complexity index is 1020. The third-order valence-corrected chi connectivity index (χ3v) is 4.45. The average Bonchev–Trinajstić information content (AvgIpc) is 3.00. The molecule has 0 atom stereocenters. The summed E-state index contributed by atoms with van der Waals surface area (Å²) in [6, 6.07) is 18.9. The van der Waals surface area contributed by atoms with Crippen LogP contribution in [0.25, 0.3) is 21.5 Å². The van der Waals surface area contributed by atoms with Crippen LogP contribution >= 0.6 is 11.3 Å². The molecule has 0 unspecified atom stereocenters. The van der Waals surface area contributed by atoms with Crippen LogP contribution in [0.15, 0.2) is 65.1 Å². The van der Waals surface area contributed by atoms with Crippen molar-refractivity contribution in [2.45, 2.75) is 0 Å². The fourth-order valence-corrected chi connectivity index (χ4v) is 3.24. The Morgan fingerprint density at radius 3 is 2.70 bits per heavy atom. The van der Waals surface area contributed by atoms with E-state index < -0.39 is 0 Å². The second-order valence-corrected chi connectivity index (χ2v) is 6.04. The maximum absolute atomic E-state index is 5.61. The predicted molar refractivity (Wildman–Crippen MR) is 99.2 cm³/mol. The van der Waals surface area contributed by atoms with E-state index in [2.05, 4.69) is 64.0 Å². The fourth-order valence-electron chi connectivity index (χ4n) is 2.69. The molecule has 23 heavy (non-hydrogen) atoms. The summed E-state index contributed by atoms with van der Waals surface area (Å²) < 4.78 is 0. The first-order valence-corrected chi connectivity index (χ1v) is 8.10. The fraction of sp³-hybridized carbons (Fsp3) is 0. The number of thiazole rings is 1. The monoisotopic (exact) mass is 318 g/mol. The molecule has 0 aliphatic heterocycles. The van der Waals surface area contributed by atoms with Crippen LogP contribution in [-0.4, -0.2) is 11.2 Å². The van der Waals surface area contributed by atoms with E-state index in [-0.39, 0.29) is 0 Å². The average molecular weight is 318 g/mol. The van der Waals surface area contributed by atoms with Crippen molar-refractivity contribution in [1.29, 1.82) is 0 Å². The Hall–Kier alpha value is -2.92. The Morgan fingerprint density at radius 1 is 1.00 bits per heavy atom. The standard InChI is InChI=1S/C18H14N4S/c19-16-11-23-18(21-16)22-20-10-14-6-3-5-13-9-8-12-4-1-2-7-15(12)17(13)14/h1-11H,19H2,(H,21,22). The van der Waals surface area contributed by atoms with Crippen molar-refractivity contribution in [3.05, 3.63) is 65.5 Å². The zero-order valence-electron chi connectivity index (χ0n) is 12.2. The highest BCUT2D eigenvalue weighted by Gasteiger charge is 2.04.